The number of nitrogens with one attached hydrogen (secondary N) is 1. The average Bonchev–Trinajstić information content (AvgIpc) is 2.95. The van der Waals surface area contributed by atoms with E-state index in [0.29, 0.717) is 26.7 Å². The fourth-order valence-corrected chi connectivity index (χ4v) is 2.15. The van der Waals surface area contributed by atoms with Crippen LogP contribution in [0.1, 0.15) is 5.56 Å². The van der Waals surface area contributed by atoms with Gasteiger partial charge in [0, 0.05) is 5.02 Å². The molecule has 0 unspecified atom stereocenters. The molecule has 6 nitrogen and oxygen atoms in total. The summed E-state index contributed by atoms with van der Waals surface area (Å²) in [5, 5.41) is 12.8. The molecule has 1 N–H and O–H groups in total. The molecule has 0 amide bonds. The number of hydrogen-bond donors (Lipinski definition) is 1. The molecular weight excluding hydrogens is 300 g/mol. The summed E-state index contributed by atoms with van der Waals surface area (Å²) in [6, 6.07) is 4.88. The van der Waals surface area contributed by atoms with Gasteiger partial charge in [0.15, 0.2) is 0 Å². The molecule has 0 radical (unpaired) electrons. The molecule has 3 rings (SSSR count). The van der Waals surface area contributed by atoms with Gasteiger partial charge in [-0.1, -0.05) is 22.9 Å². The molecule has 0 bridgehead atoms. The van der Waals surface area contributed by atoms with Crippen molar-refractivity contribution in [3.63, 3.8) is 0 Å². The summed E-state index contributed by atoms with van der Waals surface area (Å²) in [4.78, 5) is 12.2. The van der Waals surface area contributed by atoms with Crippen molar-refractivity contribution in [1.29, 1.82) is 0 Å². The smallest absolute Gasteiger partial charge is 0.225 e. The first-order valence-electron chi connectivity index (χ1n) is 5.50. The monoisotopic (exact) mass is 306 g/mol. The van der Waals surface area contributed by atoms with Crippen LogP contribution in [-0.2, 0) is 0 Å². The van der Waals surface area contributed by atoms with Gasteiger partial charge in [-0.15, -0.1) is 10.2 Å². The van der Waals surface area contributed by atoms with E-state index in [0.717, 1.165) is 0 Å². The minimum atomic E-state index is -0.198. The number of anilines is 1. The Morgan fingerprint density at radius 2 is 2.35 bits per heavy atom. The fraction of sp³-hybridized carbons (Fsp3) is 0. The van der Waals surface area contributed by atoms with Gasteiger partial charge in [-0.25, -0.2) is 0 Å². The Bertz CT molecular complexity index is 829. The van der Waals surface area contributed by atoms with Crippen LogP contribution in [0.4, 0.5) is 5.13 Å². The number of benzene rings is 1. The molecule has 0 spiro atoms. The number of hydrogen-bond acceptors (Lipinski definition) is 7. The highest BCUT2D eigenvalue weighted by Gasteiger charge is 2.05. The molecule has 20 heavy (non-hydrogen) atoms. The predicted molar refractivity (Wildman–Crippen MR) is 78.6 cm³/mol. The van der Waals surface area contributed by atoms with Crippen molar-refractivity contribution in [2.45, 2.75) is 0 Å². The van der Waals surface area contributed by atoms with Crippen LogP contribution in [0.5, 0.6) is 0 Å². The lowest BCUT2D eigenvalue weighted by atomic mass is 10.2. The van der Waals surface area contributed by atoms with Crippen LogP contribution in [0.2, 0.25) is 5.02 Å². The molecule has 8 heteroatoms. The summed E-state index contributed by atoms with van der Waals surface area (Å²) in [6.45, 7) is 0. The zero-order valence-corrected chi connectivity index (χ0v) is 11.5. The SMILES string of the molecule is O=c1c(/C=N/Nc2nncs2)coc2ccc(Cl)cc12. The van der Waals surface area contributed by atoms with Crippen LogP contribution >= 0.6 is 22.9 Å². The van der Waals surface area contributed by atoms with E-state index in [2.05, 4.69) is 20.7 Å². The highest BCUT2D eigenvalue weighted by molar-refractivity contribution is 7.13. The molecular formula is C12H7ClN4O2S. The van der Waals surface area contributed by atoms with Gasteiger partial charge in [0.05, 0.1) is 17.2 Å². The van der Waals surface area contributed by atoms with Gasteiger partial charge in [0.1, 0.15) is 17.4 Å². The zero-order chi connectivity index (χ0) is 13.9. The summed E-state index contributed by atoms with van der Waals surface area (Å²) in [6.07, 6.45) is 2.72. The van der Waals surface area contributed by atoms with Crippen LogP contribution in [0, 0.1) is 0 Å². The lowest BCUT2D eigenvalue weighted by Gasteiger charge is -1.98. The standard InChI is InChI=1S/C12H7ClN4O2S/c13-8-1-2-10-9(3-8)11(18)7(5-19-10)4-14-16-12-17-15-6-20-12/h1-6H,(H,16,17)/b14-4+. The largest absolute Gasteiger partial charge is 0.463 e. The number of aromatic nitrogens is 2. The summed E-state index contributed by atoms with van der Waals surface area (Å²) in [5.74, 6) is 0. The maximum absolute atomic E-state index is 12.2. The third-order valence-corrected chi connectivity index (χ3v) is 3.32. The normalized spacial score (nSPS) is 11.2. The Hall–Kier alpha value is -2.25. The van der Waals surface area contributed by atoms with Crippen molar-refractivity contribution in [2.24, 2.45) is 5.10 Å². The van der Waals surface area contributed by atoms with E-state index in [1.807, 2.05) is 0 Å². The van der Waals surface area contributed by atoms with Crippen molar-refractivity contribution in [2.75, 3.05) is 5.43 Å². The van der Waals surface area contributed by atoms with Crippen LogP contribution < -0.4 is 10.9 Å². The Morgan fingerprint density at radius 1 is 1.45 bits per heavy atom. The molecule has 100 valence electrons. The summed E-state index contributed by atoms with van der Waals surface area (Å²) >= 11 is 7.18. The molecule has 0 aliphatic heterocycles. The molecule has 0 aliphatic carbocycles. The second kappa shape index (κ2) is 5.40. The van der Waals surface area contributed by atoms with Gasteiger partial charge in [0.25, 0.3) is 0 Å². The Labute approximate surface area is 121 Å². The summed E-state index contributed by atoms with van der Waals surface area (Å²) < 4.78 is 5.36. The minimum absolute atomic E-state index is 0.198. The number of fused-ring (bicyclic) bond motifs is 1. The quantitative estimate of drug-likeness (QED) is 0.594. The van der Waals surface area contributed by atoms with Crippen molar-refractivity contribution in [3.8, 4) is 0 Å². The van der Waals surface area contributed by atoms with E-state index in [9.17, 15) is 4.79 Å². The molecule has 0 fully saturated rings. The van der Waals surface area contributed by atoms with Crippen molar-refractivity contribution in [1.82, 2.24) is 10.2 Å². The van der Waals surface area contributed by atoms with E-state index < -0.39 is 0 Å². The van der Waals surface area contributed by atoms with Gasteiger partial charge < -0.3 is 4.42 Å². The number of rotatable bonds is 3. The Morgan fingerprint density at radius 3 is 3.15 bits per heavy atom. The summed E-state index contributed by atoms with van der Waals surface area (Å²) in [7, 11) is 0. The fourth-order valence-electron chi connectivity index (χ4n) is 1.59. The lowest BCUT2D eigenvalue weighted by molar-refractivity contribution is 0.601. The van der Waals surface area contributed by atoms with Crippen LogP contribution in [-0.4, -0.2) is 16.4 Å². The van der Waals surface area contributed by atoms with E-state index in [-0.39, 0.29) is 5.43 Å². The maximum Gasteiger partial charge on any atom is 0.225 e. The average molecular weight is 307 g/mol. The first-order chi connectivity index (χ1) is 9.74. The van der Waals surface area contributed by atoms with Crippen molar-refractivity contribution >= 4 is 45.3 Å². The van der Waals surface area contributed by atoms with Crippen molar-refractivity contribution < 1.29 is 4.42 Å². The van der Waals surface area contributed by atoms with Crippen LogP contribution in [0.3, 0.4) is 0 Å². The third kappa shape index (κ3) is 2.54. The predicted octanol–water partition coefficient (Wildman–Crippen LogP) is 2.74. The molecule has 1 aromatic carbocycles. The Balaban J connectivity index is 1.94. The van der Waals surface area contributed by atoms with E-state index in [1.165, 1.54) is 23.8 Å². The third-order valence-electron chi connectivity index (χ3n) is 2.49. The Kier molecular flexibility index (Phi) is 3.44. The maximum atomic E-state index is 12.2. The molecule has 0 aliphatic rings. The van der Waals surface area contributed by atoms with Crippen molar-refractivity contribution in [3.05, 3.63) is 50.8 Å². The lowest BCUT2D eigenvalue weighted by Crippen LogP contribution is -2.08. The molecule has 0 saturated carbocycles. The van der Waals surface area contributed by atoms with Gasteiger partial charge in [-0.05, 0) is 18.2 Å². The van der Waals surface area contributed by atoms with Gasteiger partial charge in [-0.2, -0.15) is 5.10 Å². The number of hydrazone groups is 1. The zero-order valence-electron chi connectivity index (χ0n) is 9.91. The number of nitrogens with zero attached hydrogens (tertiary/aromatic N) is 3. The highest BCUT2D eigenvalue weighted by atomic mass is 35.5. The van der Waals surface area contributed by atoms with Gasteiger partial charge >= 0.3 is 0 Å². The minimum Gasteiger partial charge on any atom is -0.463 e. The van der Waals surface area contributed by atoms with Gasteiger partial charge in [-0.3, -0.25) is 10.2 Å². The second-order valence-corrected chi connectivity index (χ2v) is 5.04. The molecule has 0 atom stereocenters. The molecule has 2 heterocycles. The molecule has 2 aromatic heterocycles. The highest BCUT2D eigenvalue weighted by Crippen LogP contribution is 2.16. The van der Waals surface area contributed by atoms with Crippen LogP contribution in [0.25, 0.3) is 11.0 Å². The summed E-state index contributed by atoms with van der Waals surface area (Å²) in [5.41, 5.74) is 4.84. The molecule has 3 aromatic rings. The number of halogens is 1. The second-order valence-electron chi connectivity index (χ2n) is 3.77. The first-order valence-corrected chi connectivity index (χ1v) is 6.76. The van der Waals surface area contributed by atoms with E-state index >= 15 is 0 Å². The van der Waals surface area contributed by atoms with E-state index in [4.69, 9.17) is 16.0 Å². The van der Waals surface area contributed by atoms with Crippen LogP contribution in [0.15, 0.2) is 44.3 Å². The van der Waals surface area contributed by atoms with E-state index in [1.54, 1.807) is 23.7 Å². The van der Waals surface area contributed by atoms with Gasteiger partial charge in [0.2, 0.25) is 10.6 Å². The topological polar surface area (TPSA) is 80.4 Å². The first kappa shape index (κ1) is 12.8. The molecule has 0 saturated heterocycles.